The molecule has 8 atom stereocenters. The summed E-state index contributed by atoms with van der Waals surface area (Å²) in [5.41, 5.74) is 3.48. The van der Waals surface area contributed by atoms with Gasteiger partial charge in [0.2, 0.25) is 0 Å². The van der Waals surface area contributed by atoms with Gasteiger partial charge in [0.15, 0.2) is 0 Å². The predicted octanol–water partition coefficient (Wildman–Crippen LogP) is 6.12. The van der Waals surface area contributed by atoms with Crippen molar-refractivity contribution in [2.75, 3.05) is 46.0 Å². The van der Waals surface area contributed by atoms with Crippen molar-refractivity contribution in [1.82, 2.24) is 0 Å². The number of hydrogen-bond donors (Lipinski definition) is 3. The van der Waals surface area contributed by atoms with E-state index in [4.69, 9.17) is 4.74 Å². The third-order valence-electron chi connectivity index (χ3n) is 13.1. The molecule has 4 aliphatic rings. The monoisotopic (exact) mass is 590 g/mol. The molecule has 0 heterocycles. The quantitative estimate of drug-likeness (QED) is 0.129. The van der Waals surface area contributed by atoms with Crippen molar-refractivity contribution in [2.24, 2.45) is 46.3 Å². The minimum Gasteiger partial charge on any atom is -0.462 e. The predicted molar refractivity (Wildman–Crippen MR) is 169 cm³/mol. The zero-order valence-electron chi connectivity index (χ0n) is 27.9. The van der Waals surface area contributed by atoms with Crippen LogP contribution in [-0.4, -0.2) is 77.9 Å². The number of quaternary nitrogens is 1. The lowest BCUT2D eigenvalue weighted by molar-refractivity contribution is -0.924. The van der Waals surface area contributed by atoms with Gasteiger partial charge in [0.25, 0.3) is 0 Å². The van der Waals surface area contributed by atoms with Gasteiger partial charge in [-0.05, 0) is 96.9 Å². The first-order valence-corrected chi connectivity index (χ1v) is 17.5. The van der Waals surface area contributed by atoms with E-state index in [0.717, 1.165) is 55.9 Å². The lowest BCUT2D eigenvalue weighted by atomic mass is 9.45. The third-order valence-corrected chi connectivity index (χ3v) is 13.1. The maximum atomic E-state index is 12.0. The molecule has 6 heteroatoms. The van der Waals surface area contributed by atoms with Gasteiger partial charge < -0.3 is 24.5 Å². The summed E-state index contributed by atoms with van der Waals surface area (Å²) < 4.78 is 6.34. The highest BCUT2D eigenvalue weighted by Gasteiger charge is 2.60. The zero-order chi connectivity index (χ0) is 30.7. The van der Waals surface area contributed by atoms with Gasteiger partial charge in [0.1, 0.15) is 32.3 Å². The molecule has 242 valence electrons. The van der Waals surface area contributed by atoms with Gasteiger partial charge in [-0.2, -0.15) is 0 Å². The van der Waals surface area contributed by atoms with Crippen molar-refractivity contribution in [2.45, 2.75) is 118 Å². The average Bonchev–Trinajstić information content (AvgIpc) is 3.27. The Morgan fingerprint density at radius 3 is 2.17 bits per heavy atom. The van der Waals surface area contributed by atoms with Crippen LogP contribution in [0.15, 0.2) is 11.1 Å². The average molecular weight is 591 g/mol. The summed E-state index contributed by atoms with van der Waals surface area (Å²) in [6.45, 7) is 16.4. The highest BCUT2D eigenvalue weighted by Crippen LogP contribution is 2.68. The molecule has 3 N–H and O–H groups in total. The molecular formula is C36H64NO5+. The van der Waals surface area contributed by atoms with E-state index in [1.54, 1.807) is 0 Å². The van der Waals surface area contributed by atoms with Crippen LogP contribution in [0.3, 0.4) is 0 Å². The van der Waals surface area contributed by atoms with Crippen LogP contribution in [0, 0.1) is 46.3 Å². The molecule has 0 bridgehead atoms. The fourth-order valence-corrected chi connectivity index (χ4v) is 11.0. The van der Waals surface area contributed by atoms with Crippen molar-refractivity contribution in [3.05, 3.63) is 11.1 Å². The van der Waals surface area contributed by atoms with E-state index in [1.807, 2.05) is 0 Å². The molecule has 0 radical (unpaired) electrons. The number of carbonyl (C=O) groups excluding carboxylic acids is 1. The SMILES string of the molecule is CC(=O)O[C@H]1CC[C@@]2(C)C(=C(C[N+](CCO)(CCO)CCO)C[C@H]3[C@@H]4CC[C@H]([C@H](C)CCCC(C)C)[C@@]4(C)CC[C@@H]32)C1. The van der Waals surface area contributed by atoms with E-state index >= 15 is 0 Å². The van der Waals surface area contributed by atoms with E-state index < -0.39 is 0 Å². The minimum absolute atomic E-state index is 0.0408. The van der Waals surface area contributed by atoms with E-state index in [0.29, 0.717) is 41.4 Å². The van der Waals surface area contributed by atoms with Gasteiger partial charge in [-0.25, -0.2) is 0 Å². The summed E-state index contributed by atoms with van der Waals surface area (Å²) in [5, 5.41) is 30.2. The normalized spacial score (nSPS) is 35.5. The second-order valence-corrected chi connectivity index (χ2v) is 15.9. The number of aliphatic hydroxyl groups is 3. The summed E-state index contributed by atoms with van der Waals surface area (Å²) >= 11 is 0. The second kappa shape index (κ2) is 14.0. The summed E-state index contributed by atoms with van der Waals surface area (Å²) in [4.78, 5) is 12.0. The molecule has 3 saturated carbocycles. The molecule has 6 nitrogen and oxygen atoms in total. The van der Waals surface area contributed by atoms with Gasteiger partial charge in [-0.15, -0.1) is 0 Å². The molecule has 0 aromatic carbocycles. The fraction of sp³-hybridized carbons (Fsp3) is 0.917. The maximum Gasteiger partial charge on any atom is 0.302 e. The molecule has 0 aliphatic heterocycles. The number of rotatable bonds is 14. The van der Waals surface area contributed by atoms with Crippen molar-refractivity contribution in [3.8, 4) is 0 Å². The largest absolute Gasteiger partial charge is 0.462 e. The highest BCUT2D eigenvalue weighted by atomic mass is 16.5. The molecule has 0 amide bonds. The number of fused-ring (bicyclic) bond motifs is 5. The Morgan fingerprint density at radius 1 is 0.905 bits per heavy atom. The Balaban J connectivity index is 1.68. The molecule has 0 aromatic heterocycles. The maximum absolute atomic E-state index is 12.0. The van der Waals surface area contributed by atoms with Gasteiger partial charge in [-0.3, -0.25) is 4.79 Å². The Bertz CT molecular complexity index is 930. The number of esters is 1. The summed E-state index contributed by atoms with van der Waals surface area (Å²) in [7, 11) is 0. The first-order chi connectivity index (χ1) is 19.9. The van der Waals surface area contributed by atoms with Crippen molar-refractivity contribution < 1.29 is 29.3 Å². The van der Waals surface area contributed by atoms with Gasteiger partial charge in [0, 0.05) is 13.3 Å². The van der Waals surface area contributed by atoms with Crippen LogP contribution in [0.25, 0.3) is 0 Å². The van der Waals surface area contributed by atoms with Gasteiger partial charge >= 0.3 is 5.97 Å². The molecule has 0 aromatic rings. The molecule has 0 unspecified atom stereocenters. The Kier molecular flexibility index (Phi) is 11.3. The lowest BCUT2D eigenvalue weighted by Crippen LogP contribution is -2.57. The molecule has 4 aliphatic carbocycles. The van der Waals surface area contributed by atoms with Crippen molar-refractivity contribution in [3.63, 3.8) is 0 Å². The third kappa shape index (κ3) is 6.82. The van der Waals surface area contributed by atoms with Crippen LogP contribution < -0.4 is 0 Å². The van der Waals surface area contributed by atoms with E-state index in [2.05, 4.69) is 34.6 Å². The topological polar surface area (TPSA) is 87.0 Å². The van der Waals surface area contributed by atoms with E-state index in [9.17, 15) is 20.1 Å². The number of hydrogen-bond acceptors (Lipinski definition) is 5. The number of aliphatic hydroxyl groups excluding tert-OH is 3. The van der Waals surface area contributed by atoms with Crippen LogP contribution in [0.2, 0.25) is 0 Å². The number of nitrogens with zero attached hydrogens (tertiary/aromatic N) is 1. The summed E-state index contributed by atoms with van der Waals surface area (Å²) in [6.07, 6.45) is 13.2. The Hall–Kier alpha value is -0.950. The second-order valence-electron chi connectivity index (χ2n) is 15.9. The molecule has 42 heavy (non-hydrogen) atoms. The number of carbonyl (C=O) groups is 1. The Labute approximate surface area is 256 Å². The standard InChI is InChI=1S/C36H64NO5/c1-25(2)8-7-9-26(3)31-10-11-32-30-22-28(24-37(16-19-38,17-20-39)18-21-40)34-23-29(42-27(4)41)12-14-36(34,6)33(30)13-15-35(31,32)5/h25-26,29-33,38-40H,7-24H2,1-6H3/q+1/t26-,29+,30+,31-,32+,33+,35-,36-/m1/s1. The molecule has 0 spiro atoms. The Morgan fingerprint density at radius 2 is 1.57 bits per heavy atom. The highest BCUT2D eigenvalue weighted by molar-refractivity contribution is 5.66. The number of ether oxygens (including phenoxy) is 1. The van der Waals surface area contributed by atoms with Crippen LogP contribution in [0.5, 0.6) is 0 Å². The lowest BCUT2D eigenvalue weighted by Gasteiger charge is -2.60. The van der Waals surface area contributed by atoms with E-state index in [-0.39, 0.29) is 37.3 Å². The molecule has 4 rings (SSSR count). The van der Waals surface area contributed by atoms with Gasteiger partial charge in [-0.1, -0.05) is 59.5 Å². The van der Waals surface area contributed by atoms with Crippen LogP contribution in [-0.2, 0) is 9.53 Å². The molecular weight excluding hydrogens is 526 g/mol. The fourth-order valence-electron chi connectivity index (χ4n) is 11.0. The molecule has 3 fully saturated rings. The zero-order valence-corrected chi connectivity index (χ0v) is 27.9. The minimum atomic E-state index is -0.196. The molecule has 0 saturated heterocycles. The van der Waals surface area contributed by atoms with Gasteiger partial charge in [0.05, 0.1) is 19.8 Å². The van der Waals surface area contributed by atoms with Crippen molar-refractivity contribution >= 4 is 5.97 Å². The van der Waals surface area contributed by atoms with Crippen LogP contribution >= 0.6 is 0 Å². The van der Waals surface area contributed by atoms with Crippen LogP contribution in [0.4, 0.5) is 0 Å². The van der Waals surface area contributed by atoms with Crippen LogP contribution in [0.1, 0.15) is 112 Å². The summed E-state index contributed by atoms with van der Waals surface area (Å²) in [6, 6.07) is 0. The smallest absolute Gasteiger partial charge is 0.302 e. The summed E-state index contributed by atoms with van der Waals surface area (Å²) in [5.74, 6) is 4.24. The first kappa shape index (κ1) is 33.9. The van der Waals surface area contributed by atoms with E-state index in [1.165, 1.54) is 63.0 Å². The van der Waals surface area contributed by atoms with Crippen molar-refractivity contribution in [1.29, 1.82) is 0 Å². The first-order valence-electron chi connectivity index (χ1n) is 17.5.